The Morgan fingerprint density at radius 2 is 2.22 bits per heavy atom. The van der Waals surface area contributed by atoms with Gasteiger partial charge in [0.25, 0.3) is 5.91 Å². The molecule has 1 N–H and O–H groups in total. The lowest BCUT2D eigenvalue weighted by Crippen LogP contribution is -2.23. The number of ether oxygens (including phenoxy) is 1. The third kappa shape index (κ3) is 4.10. The lowest BCUT2D eigenvalue weighted by Gasteiger charge is -2.01. The first-order chi connectivity index (χ1) is 11.2. The quantitative estimate of drug-likeness (QED) is 0.861. The van der Waals surface area contributed by atoms with E-state index >= 15 is 0 Å². The third-order valence-electron chi connectivity index (χ3n) is 3.34. The van der Waals surface area contributed by atoms with Crippen LogP contribution >= 0.6 is 0 Å². The molecule has 23 heavy (non-hydrogen) atoms. The van der Waals surface area contributed by atoms with Crippen molar-refractivity contribution in [3.8, 4) is 17.6 Å². The highest BCUT2D eigenvalue weighted by Crippen LogP contribution is 2.40. The van der Waals surface area contributed by atoms with Crippen LogP contribution in [0.25, 0.3) is 0 Å². The molecule has 5 nitrogen and oxygen atoms in total. The van der Waals surface area contributed by atoms with E-state index in [0.717, 1.165) is 18.6 Å². The largest absolute Gasteiger partial charge is 0.478 e. The fraction of sp³-hybridized carbons (Fsp3) is 0.294. The predicted molar refractivity (Wildman–Crippen MR) is 80.5 cm³/mol. The zero-order valence-corrected chi connectivity index (χ0v) is 12.3. The minimum Gasteiger partial charge on any atom is -0.478 e. The van der Waals surface area contributed by atoms with E-state index in [1.165, 1.54) is 12.1 Å². The van der Waals surface area contributed by atoms with Crippen LogP contribution in [0.4, 0.5) is 4.39 Å². The minimum absolute atomic E-state index is 0.0482. The number of rotatable bonds is 5. The lowest BCUT2D eigenvalue weighted by molar-refractivity contribution is 0.0949. The number of hydrogen-bond acceptors (Lipinski definition) is 4. The van der Waals surface area contributed by atoms with Gasteiger partial charge in [0.05, 0.1) is 6.54 Å². The second-order valence-electron chi connectivity index (χ2n) is 5.14. The standard InChI is InChI=1S/C17H15FN2O3/c18-13-5-1-2-6-15(13)22-10-4-3-9-19-17(21)14-11-16(23-20-14)12-7-8-12/h1-2,5-6,11-12H,7-10H2,(H,19,21). The van der Waals surface area contributed by atoms with Gasteiger partial charge in [0.15, 0.2) is 17.3 Å². The molecule has 1 aliphatic rings. The molecular formula is C17H15FN2O3. The molecule has 1 heterocycles. The normalized spacial score (nSPS) is 13.1. The van der Waals surface area contributed by atoms with Crippen molar-refractivity contribution in [3.05, 3.63) is 47.6 Å². The predicted octanol–water partition coefficient (Wildman–Crippen LogP) is 2.50. The smallest absolute Gasteiger partial charge is 0.274 e. The van der Waals surface area contributed by atoms with Crippen LogP contribution in [0, 0.1) is 17.7 Å². The molecule has 2 aromatic rings. The van der Waals surface area contributed by atoms with E-state index in [1.54, 1.807) is 18.2 Å². The molecule has 0 spiro atoms. The molecule has 0 unspecified atom stereocenters. The van der Waals surface area contributed by atoms with E-state index in [4.69, 9.17) is 9.26 Å². The summed E-state index contributed by atoms with van der Waals surface area (Å²) in [6, 6.07) is 7.78. The molecule has 1 aromatic heterocycles. The van der Waals surface area contributed by atoms with Gasteiger partial charge < -0.3 is 14.6 Å². The maximum absolute atomic E-state index is 13.3. The van der Waals surface area contributed by atoms with Crippen LogP contribution in [0.15, 0.2) is 34.9 Å². The molecule has 1 fully saturated rings. The van der Waals surface area contributed by atoms with Gasteiger partial charge in [-0.3, -0.25) is 4.79 Å². The van der Waals surface area contributed by atoms with Crippen LogP contribution in [0.3, 0.4) is 0 Å². The highest BCUT2D eigenvalue weighted by atomic mass is 19.1. The van der Waals surface area contributed by atoms with Gasteiger partial charge in [-0.25, -0.2) is 4.39 Å². The van der Waals surface area contributed by atoms with Crippen LogP contribution in [0.5, 0.6) is 5.75 Å². The monoisotopic (exact) mass is 314 g/mol. The fourth-order valence-corrected chi connectivity index (χ4v) is 1.96. The van der Waals surface area contributed by atoms with Crippen molar-refractivity contribution < 1.29 is 18.4 Å². The number of amides is 1. The van der Waals surface area contributed by atoms with Crippen molar-refractivity contribution in [2.24, 2.45) is 0 Å². The lowest BCUT2D eigenvalue weighted by atomic mass is 10.3. The van der Waals surface area contributed by atoms with Gasteiger partial charge in [-0.05, 0) is 25.0 Å². The van der Waals surface area contributed by atoms with E-state index in [1.807, 2.05) is 0 Å². The van der Waals surface area contributed by atoms with Gasteiger partial charge in [0.1, 0.15) is 12.4 Å². The van der Waals surface area contributed by atoms with Crippen LogP contribution in [0.2, 0.25) is 0 Å². The van der Waals surface area contributed by atoms with Gasteiger partial charge in [-0.15, -0.1) is 0 Å². The SMILES string of the molecule is O=C(NCC#CCOc1ccccc1F)c1cc(C2CC2)on1. The molecule has 0 aliphatic heterocycles. The first-order valence-corrected chi connectivity index (χ1v) is 7.32. The highest BCUT2D eigenvalue weighted by molar-refractivity contribution is 5.92. The van der Waals surface area contributed by atoms with E-state index in [-0.39, 0.29) is 30.5 Å². The number of benzene rings is 1. The number of aromatic nitrogens is 1. The molecule has 0 saturated heterocycles. The van der Waals surface area contributed by atoms with Crippen molar-refractivity contribution in [3.63, 3.8) is 0 Å². The van der Waals surface area contributed by atoms with Crippen LogP contribution in [-0.2, 0) is 0 Å². The van der Waals surface area contributed by atoms with Crippen molar-refractivity contribution >= 4 is 5.91 Å². The number of carbonyl (C=O) groups is 1. The Hall–Kier alpha value is -2.81. The summed E-state index contributed by atoms with van der Waals surface area (Å²) in [5.74, 6) is 6.01. The van der Waals surface area contributed by atoms with E-state index in [9.17, 15) is 9.18 Å². The van der Waals surface area contributed by atoms with Gasteiger partial charge in [0.2, 0.25) is 0 Å². The summed E-state index contributed by atoms with van der Waals surface area (Å²) >= 11 is 0. The second-order valence-corrected chi connectivity index (χ2v) is 5.14. The van der Waals surface area contributed by atoms with Crippen molar-refractivity contribution in [1.29, 1.82) is 0 Å². The average molecular weight is 314 g/mol. The molecule has 1 aliphatic carbocycles. The summed E-state index contributed by atoms with van der Waals surface area (Å²) < 4.78 is 23.6. The van der Waals surface area contributed by atoms with Gasteiger partial charge >= 0.3 is 0 Å². The summed E-state index contributed by atoms with van der Waals surface area (Å²) in [5, 5.41) is 6.36. The van der Waals surface area contributed by atoms with Crippen LogP contribution in [-0.4, -0.2) is 24.2 Å². The molecule has 0 bridgehead atoms. The number of para-hydroxylation sites is 1. The van der Waals surface area contributed by atoms with Gasteiger partial charge in [-0.1, -0.05) is 29.1 Å². The maximum atomic E-state index is 13.3. The zero-order chi connectivity index (χ0) is 16.1. The number of nitrogens with one attached hydrogen (secondary N) is 1. The Bertz CT molecular complexity index is 756. The Labute approximate surface area is 132 Å². The topological polar surface area (TPSA) is 64.4 Å². The molecule has 1 amide bonds. The number of nitrogens with zero attached hydrogens (tertiary/aromatic N) is 1. The molecule has 118 valence electrons. The highest BCUT2D eigenvalue weighted by Gasteiger charge is 2.28. The van der Waals surface area contributed by atoms with Crippen molar-refractivity contribution in [2.45, 2.75) is 18.8 Å². The average Bonchev–Trinajstić information content (AvgIpc) is 3.29. The zero-order valence-electron chi connectivity index (χ0n) is 12.3. The molecule has 0 atom stereocenters. The first kappa shape index (κ1) is 15.1. The molecule has 3 rings (SSSR count). The summed E-state index contributed by atoms with van der Waals surface area (Å²) in [6.45, 7) is 0.206. The van der Waals surface area contributed by atoms with Crippen molar-refractivity contribution in [1.82, 2.24) is 10.5 Å². The molecule has 1 saturated carbocycles. The molecule has 0 radical (unpaired) electrons. The van der Waals surface area contributed by atoms with E-state index in [0.29, 0.717) is 5.92 Å². The van der Waals surface area contributed by atoms with E-state index in [2.05, 4.69) is 22.3 Å². The minimum atomic E-state index is -0.430. The Morgan fingerprint density at radius 1 is 1.39 bits per heavy atom. The summed E-state index contributed by atoms with van der Waals surface area (Å²) in [7, 11) is 0. The van der Waals surface area contributed by atoms with E-state index < -0.39 is 5.82 Å². The van der Waals surface area contributed by atoms with Gasteiger partial charge in [0, 0.05) is 12.0 Å². The first-order valence-electron chi connectivity index (χ1n) is 7.32. The summed E-state index contributed by atoms with van der Waals surface area (Å²) in [6.07, 6.45) is 2.17. The van der Waals surface area contributed by atoms with Gasteiger partial charge in [-0.2, -0.15) is 0 Å². The molecule has 1 aromatic carbocycles. The van der Waals surface area contributed by atoms with Crippen LogP contribution in [0.1, 0.15) is 35.0 Å². The second kappa shape index (κ2) is 6.97. The number of halogens is 1. The Balaban J connectivity index is 1.40. The molecule has 6 heteroatoms. The van der Waals surface area contributed by atoms with Crippen molar-refractivity contribution in [2.75, 3.05) is 13.2 Å². The maximum Gasteiger partial charge on any atom is 0.274 e. The summed E-state index contributed by atoms with van der Waals surface area (Å²) in [5.41, 5.74) is 0.260. The fourth-order valence-electron chi connectivity index (χ4n) is 1.96. The molecular weight excluding hydrogens is 299 g/mol. The third-order valence-corrected chi connectivity index (χ3v) is 3.34. The van der Waals surface area contributed by atoms with Crippen LogP contribution < -0.4 is 10.1 Å². The summed E-state index contributed by atoms with van der Waals surface area (Å²) in [4.78, 5) is 11.8. The number of carbonyl (C=O) groups excluding carboxylic acids is 1. The Kier molecular flexibility index (Phi) is 4.57. The number of hydrogen-bond donors (Lipinski definition) is 1. The Morgan fingerprint density at radius 3 is 3.00 bits per heavy atom.